The van der Waals surface area contributed by atoms with Crippen LogP contribution in [-0.4, -0.2) is 25.6 Å². The zero-order chi connectivity index (χ0) is 11.1. The van der Waals surface area contributed by atoms with Crippen LogP contribution in [0.25, 0.3) is 0 Å². The molecule has 2 heterocycles. The molecule has 0 aliphatic carbocycles. The van der Waals surface area contributed by atoms with Crippen LogP contribution in [0.5, 0.6) is 5.75 Å². The maximum Gasteiger partial charge on any atom is 0.247 e. The minimum absolute atomic E-state index is 0.0135. The highest BCUT2D eigenvalue weighted by Crippen LogP contribution is 2.38. The summed E-state index contributed by atoms with van der Waals surface area (Å²) >= 11 is 0. The molecule has 0 saturated carbocycles. The minimum Gasteiger partial charge on any atom is -0.497 e. The van der Waals surface area contributed by atoms with E-state index in [-0.39, 0.29) is 11.9 Å². The fraction of sp³-hybridized carbons (Fsp3) is 0.417. The SMILES string of the molecule is COc1ccc2c(c1)N1CCCC1C(=O)N2. The highest BCUT2D eigenvalue weighted by atomic mass is 16.5. The molecule has 0 aromatic heterocycles. The lowest BCUT2D eigenvalue weighted by Crippen LogP contribution is -2.43. The maximum absolute atomic E-state index is 11.8. The van der Waals surface area contributed by atoms with Crippen LogP contribution in [0, 0.1) is 0 Å². The summed E-state index contributed by atoms with van der Waals surface area (Å²) in [7, 11) is 1.66. The number of hydrogen-bond donors (Lipinski definition) is 1. The van der Waals surface area contributed by atoms with Crippen LogP contribution in [0.3, 0.4) is 0 Å². The van der Waals surface area contributed by atoms with E-state index in [1.807, 2.05) is 18.2 Å². The number of methoxy groups -OCH3 is 1. The lowest BCUT2D eigenvalue weighted by molar-refractivity contribution is -0.117. The Morgan fingerprint density at radius 1 is 1.50 bits per heavy atom. The van der Waals surface area contributed by atoms with Gasteiger partial charge in [0.15, 0.2) is 0 Å². The number of ether oxygens (including phenoxy) is 1. The minimum atomic E-state index is 0.0135. The van der Waals surface area contributed by atoms with Crippen molar-refractivity contribution in [2.24, 2.45) is 0 Å². The third kappa shape index (κ3) is 1.26. The summed E-state index contributed by atoms with van der Waals surface area (Å²) in [5.74, 6) is 0.954. The van der Waals surface area contributed by atoms with Crippen LogP contribution in [-0.2, 0) is 4.79 Å². The lowest BCUT2D eigenvalue weighted by Gasteiger charge is -2.33. The molecule has 16 heavy (non-hydrogen) atoms. The smallest absolute Gasteiger partial charge is 0.247 e. The summed E-state index contributed by atoms with van der Waals surface area (Å²) in [5, 5.41) is 2.95. The van der Waals surface area contributed by atoms with E-state index in [1.165, 1.54) is 0 Å². The molecular weight excluding hydrogens is 204 g/mol. The fourth-order valence-corrected chi connectivity index (χ4v) is 2.53. The van der Waals surface area contributed by atoms with Gasteiger partial charge in [-0.3, -0.25) is 4.79 Å². The number of carbonyl (C=O) groups is 1. The van der Waals surface area contributed by atoms with Gasteiger partial charge in [-0.2, -0.15) is 0 Å². The van der Waals surface area contributed by atoms with Gasteiger partial charge in [0.1, 0.15) is 11.8 Å². The van der Waals surface area contributed by atoms with E-state index in [0.29, 0.717) is 0 Å². The molecule has 1 unspecified atom stereocenters. The zero-order valence-electron chi connectivity index (χ0n) is 9.19. The maximum atomic E-state index is 11.8. The second-order valence-corrected chi connectivity index (χ2v) is 4.22. The van der Waals surface area contributed by atoms with Crippen molar-refractivity contribution in [3.05, 3.63) is 18.2 Å². The van der Waals surface area contributed by atoms with E-state index in [1.54, 1.807) is 7.11 Å². The first-order valence-electron chi connectivity index (χ1n) is 5.55. The number of hydrogen-bond acceptors (Lipinski definition) is 3. The monoisotopic (exact) mass is 218 g/mol. The number of rotatable bonds is 1. The van der Waals surface area contributed by atoms with Gasteiger partial charge in [-0.15, -0.1) is 0 Å². The van der Waals surface area contributed by atoms with Gasteiger partial charge in [0.05, 0.1) is 18.5 Å². The van der Waals surface area contributed by atoms with Crippen LogP contribution in [0.1, 0.15) is 12.8 Å². The predicted octanol–water partition coefficient (Wildman–Crippen LogP) is 1.62. The largest absolute Gasteiger partial charge is 0.497 e. The van der Waals surface area contributed by atoms with Gasteiger partial charge in [0.25, 0.3) is 0 Å². The Morgan fingerprint density at radius 2 is 2.38 bits per heavy atom. The third-order valence-electron chi connectivity index (χ3n) is 3.33. The first-order chi connectivity index (χ1) is 7.79. The third-order valence-corrected chi connectivity index (χ3v) is 3.33. The zero-order valence-corrected chi connectivity index (χ0v) is 9.19. The molecule has 1 amide bonds. The summed E-state index contributed by atoms with van der Waals surface area (Å²) in [5.41, 5.74) is 1.98. The molecule has 0 radical (unpaired) electrons. The van der Waals surface area contributed by atoms with Crippen molar-refractivity contribution in [1.29, 1.82) is 0 Å². The summed E-state index contributed by atoms with van der Waals surface area (Å²) in [4.78, 5) is 14.0. The van der Waals surface area contributed by atoms with Crippen LogP contribution < -0.4 is 15.0 Å². The lowest BCUT2D eigenvalue weighted by atomic mass is 10.1. The Hall–Kier alpha value is -1.71. The molecule has 1 aromatic carbocycles. The first kappa shape index (κ1) is 9.51. The molecule has 0 bridgehead atoms. The highest BCUT2D eigenvalue weighted by Gasteiger charge is 2.36. The van der Waals surface area contributed by atoms with E-state index < -0.39 is 0 Å². The molecule has 2 aliphatic heterocycles. The second kappa shape index (κ2) is 3.40. The molecule has 1 saturated heterocycles. The Bertz CT molecular complexity index is 445. The molecule has 4 nitrogen and oxygen atoms in total. The summed E-state index contributed by atoms with van der Waals surface area (Å²) in [6.45, 7) is 0.957. The fourth-order valence-electron chi connectivity index (χ4n) is 2.53. The average Bonchev–Trinajstić information content (AvgIpc) is 2.78. The van der Waals surface area contributed by atoms with Crippen LogP contribution in [0.15, 0.2) is 18.2 Å². The van der Waals surface area contributed by atoms with Crippen LogP contribution >= 0.6 is 0 Å². The highest BCUT2D eigenvalue weighted by molar-refractivity contribution is 6.04. The van der Waals surface area contributed by atoms with Crippen molar-refractivity contribution < 1.29 is 9.53 Å². The molecule has 0 spiro atoms. The molecule has 1 N–H and O–H groups in total. The van der Waals surface area contributed by atoms with Crippen molar-refractivity contribution in [2.75, 3.05) is 23.9 Å². The first-order valence-corrected chi connectivity index (χ1v) is 5.55. The van der Waals surface area contributed by atoms with Gasteiger partial charge in [-0.1, -0.05) is 0 Å². The van der Waals surface area contributed by atoms with E-state index in [0.717, 1.165) is 36.5 Å². The van der Waals surface area contributed by atoms with Gasteiger partial charge in [0, 0.05) is 12.6 Å². The van der Waals surface area contributed by atoms with Crippen molar-refractivity contribution in [2.45, 2.75) is 18.9 Å². The summed E-state index contributed by atoms with van der Waals surface area (Å²) in [6.07, 6.45) is 2.03. The normalized spacial score (nSPS) is 22.4. The standard InChI is InChI=1S/C12H14N2O2/c1-16-8-4-5-9-11(7-8)14-6-2-3-10(14)12(15)13-9/h4-5,7,10H,2-3,6H2,1H3,(H,13,15). The predicted molar refractivity (Wildman–Crippen MR) is 62.0 cm³/mol. The molecule has 4 heteroatoms. The number of benzene rings is 1. The molecule has 1 aromatic rings. The molecular formula is C12H14N2O2. The van der Waals surface area contributed by atoms with Crippen molar-refractivity contribution in [3.8, 4) is 5.75 Å². The summed E-state index contributed by atoms with van der Waals surface area (Å²) < 4.78 is 5.22. The molecule has 1 fully saturated rings. The van der Waals surface area contributed by atoms with E-state index in [2.05, 4.69) is 10.2 Å². The number of fused-ring (bicyclic) bond motifs is 3. The van der Waals surface area contributed by atoms with Gasteiger partial charge in [-0.05, 0) is 25.0 Å². The van der Waals surface area contributed by atoms with Gasteiger partial charge >= 0.3 is 0 Å². The number of carbonyl (C=O) groups excluding carboxylic acids is 1. The average molecular weight is 218 g/mol. The number of nitrogens with zero attached hydrogens (tertiary/aromatic N) is 1. The number of nitrogens with one attached hydrogen (secondary N) is 1. The van der Waals surface area contributed by atoms with Gasteiger partial charge < -0.3 is 15.0 Å². The van der Waals surface area contributed by atoms with E-state index in [9.17, 15) is 4.79 Å². The van der Waals surface area contributed by atoms with Crippen molar-refractivity contribution in [3.63, 3.8) is 0 Å². The number of anilines is 2. The van der Waals surface area contributed by atoms with Crippen LogP contribution in [0.4, 0.5) is 11.4 Å². The topological polar surface area (TPSA) is 41.6 Å². The van der Waals surface area contributed by atoms with Gasteiger partial charge in [0.2, 0.25) is 5.91 Å². The molecule has 84 valence electrons. The number of amides is 1. The van der Waals surface area contributed by atoms with Crippen LogP contribution in [0.2, 0.25) is 0 Å². The Labute approximate surface area is 94.2 Å². The molecule has 1 atom stereocenters. The Balaban J connectivity index is 2.08. The molecule has 2 aliphatic rings. The van der Waals surface area contributed by atoms with E-state index >= 15 is 0 Å². The van der Waals surface area contributed by atoms with Crippen molar-refractivity contribution in [1.82, 2.24) is 0 Å². The Kier molecular flexibility index (Phi) is 2.02. The molecule has 3 rings (SSSR count). The van der Waals surface area contributed by atoms with E-state index in [4.69, 9.17) is 4.74 Å². The van der Waals surface area contributed by atoms with Gasteiger partial charge in [-0.25, -0.2) is 0 Å². The van der Waals surface area contributed by atoms with Crippen molar-refractivity contribution >= 4 is 17.3 Å². The Morgan fingerprint density at radius 3 is 3.19 bits per heavy atom. The quantitative estimate of drug-likeness (QED) is 0.778. The summed E-state index contributed by atoms with van der Waals surface area (Å²) in [6, 6.07) is 5.78. The second-order valence-electron chi connectivity index (χ2n) is 4.22.